The number of nitrogens with zero attached hydrogens (tertiary/aromatic N) is 1. The molecular weight excluding hydrogens is 419 g/mol. The Morgan fingerprint density at radius 1 is 1.10 bits per heavy atom. The van der Waals surface area contributed by atoms with Gasteiger partial charge in [-0.2, -0.15) is 5.26 Å². The van der Waals surface area contributed by atoms with E-state index in [2.05, 4.69) is 5.32 Å². The van der Waals surface area contributed by atoms with Gasteiger partial charge in [0.25, 0.3) is 5.91 Å². The summed E-state index contributed by atoms with van der Waals surface area (Å²) in [6.07, 6.45) is 1.46. The molecule has 3 aromatic carbocycles. The summed E-state index contributed by atoms with van der Waals surface area (Å²) in [5, 5.41) is 13.2. The van der Waals surface area contributed by atoms with Crippen LogP contribution < -0.4 is 10.1 Å². The summed E-state index contributed by atoms with van der Waals surface area (Å²) in [5.74, 6) is -0.0337. The number of aryl methyl sites for hydroxylation is 1. The lowest BCUT2D eigenvalue weighted by Gasteiger charge is -2.11. The van der Waals surface area contributed by atoms with Crippen LogP contribution in [0, 0.1) is 18.3 Å². The Bertz CT molecular complexity index is 1140. The van der Waals surface area contributed by atoms with E-state index in [1.165, 1.54) is 6.08 Å². The van der Waals surface area contributed by atoms with Gasteiger partial charge in [0.05, 0.1) is 0 Å². The molecule has 0 radical (unpaired) electrons. The Morgan fingerprint density at radius 2 is 1.87 bits per heavy atom. The monoisotopic (exact) mass is 436 g/mol. The van der Waals surface area contributed by atoms with Crippen LogP contribution in [-0.2, 0) is 11.4 Å². The zero-order valence-corrected chi connectivity index (χ0v) is 17.7. The number of benzene rings is 3. The maximum Gasteiger partial charge on any atom is 0.266 e. The summed E-state index contributed by atoms with van der Waals surface area (Å²) in [6, 6.07) is 21.8. The molecule has 1 N–H and O–H groups in total. The number of nitriles is 1. The second kappa shape index (κ2) is 9.98. The number of carbonyl (C=O) groups is 1. The maximum atomic E-state index is 12.6. The molecule has 0 fully saturated rings. The molecule has 3 rings (SSSR count). The third kappa shape index (κ3) is 5.64. The van der Waals surface area contributed by atoms with Crippen LogP contribution >= 0.6 is 23.2 Å². The third-order valence-electron chi connectivity index (χ3n) is 4.30. The predicted molar refractivity (Wildman–Crippen MR) is 121 cm³/mol. The van der Waals surface area contributed by atoms with Crippen LogP contribution in [0.15, 0.2) is 72.3 Å². The molecule has 30 heavy (non-hydrogen) atoms. The van der Waals surface area contributed by atoms with E-state index >= 15 is 0 Å². The van der Waals surface area contributed by atoms with Crippen molar-refractivity contribution in [2.75, 3.05) is 5.32 Å². The molecule has 0 aliphatic carbocycles. The minimum Gasteiger partial charge on any atom is -0.488 e. The number of hydrogen-bond acceptors (Lipinski definition) is 3. The Kier molecular flexibility index (Phi) is 7.13. The van der Waals surface area contributed by atoms with E-state index in [1.807, 2.05) is 43.3 Å². The highest BCUT2D eigenvalue weighted by Gasteiger charge is 2.13. The van der Waals surface area contributed by atoms with Crippen molar-refractivity contribution < 1.29 is 9.53 Å². The summed E-state index contributed by atoms with van der Waals surface area (Å²) in [4.78, 5) is 12.6. The molecule has 1 amide bonds. The molecule has 0 aliphatic rings. The first-order valence-electron chi connectivity index (χ1n) is 9.12. The van der Waals surface area contributed by atoms with E-state index < -0.39 is 5.91 Å². The van der Waals surface area contributed by atoms with Gasteiger partial charge in [-0.05, 0) is 54.5 Å². The van der Waals surface area contributed by atoms with Gasteiger partial charge in [-0.15, -0.1) is 0 Å². The van der Waals surface area contributed by atoms with Gasteiger partial charge >= 0.3 is 0 Å². The van der Waals surface area contributed by atoms with E-state index in [1.54, 1.807) is 36.4 Å². The van der Waals surface area contributed by atoms with Crippen molar-refractivity contribution in [3.63, 3.8) is 0 Å². The highest BCUT2D eigenvalue weighted by atomic mass is 35.5. The van der Waals surface area contributed by atoms with Gasteiger partial charge in [0.2, 0.25) is 0 Å². The number of halogens is 2. The van der Waals surface area contributed by atoms with Crippen LogP contribution in [0.5, 0.6) is 5.75 Å². The third-order valence-corrected chi connectivity index (χ3v) is 4.95. The molecule has 150 valence electrons. The predicted octanol–water partition coefficient (Wildman–Crippen LogP) is 6.43. The normalized spacial score (nSPS) is 10.9. The van der Waals surface area contributed by atoms with Gasteiger partial charge in [-0.25, -0.2) is 0 Å². The zero-order valence-electron chi connectivity index (χ0n) is 16.2. The molecule has 0 bridgehead atoms. The SMILES string of the molecule is Cc1ccc(NC(=O)/C(C#N)=C/c2cc(Cl)ccc2OCc2ccccc2)cc1Cl. The summed E-state index contributed by atoms with van der Waals surface area (Å²) in [5.41, 5.74) is 2.84. The first kappa shape index (κ1) is 21.4. The molecular formula is C24H18Cl2N2O2. The largest absolute Gasteiger partial charge is 0.488 e. The van der Waals surface area contributed by atoms with Crippen LogP contribution in [0.1, 0.15) is 16.7 Å². The fraction of sp³-hybridized carbons (Fsp3) is 0.0833. The smallest absolute Gasteiger partial charge is 0.266 e. The fourth-order valence-electron chi connectivity index (χ4n) is 2.67. The van der Waals surface area contributed by atoms with Gasteiger partial charge in [0, 0.05) is 21.3 Å². The highest BCUT2D eigenvalue weighted by Crippen LogP contribution is 2.27. The standard InChI is InChI=1S/C24H18Cl2N2O2/c1-16-7-9-21(13-22(16)26)28-24(29)19(14-27)11-18-12-20(25)8-10-23(18)30-15-17-5-3-2-4-6-17/h2-13H,15H2,1H3,(H,28,29)/b19-11+. The van der Waals surface area contributed by atoms with Crippen molar-refractivity contribution >= 4 is 40.9 Å². The Morgan fingerprint density at radius 3 is 2.57 bits per heavy atom. The average Bonchev–Trinajstić information content (AvgIpc) is 2.74. The number of anilines is 1. The van der Waals surface area contributed by atoms with Crippen LogP contribution in [-0.4, -0.2) is 5.91 Å². The van der Waals surface area contributed by atoms with Crippen molar-refractivity contribution in [3.8, 4) is 11.8 Å². The molecule has 0 aliphatic heterocycles. The molecule has 0 saturated heterocycles. The first-order valence-corrected chi connectivity index (χ1v) is 9.87. The maximum absolute atomic E-state index is 12.6. The van der Waals surface area contributed by atoms with Crippen LogP contribution in [0.3, 0.4) is 0 Å². The van der Waals surface area contributed by atoms with Gasteiger partial charge in [0.15, 0.2) is 0 Å². The van der Waals surface area contributed by atoms with Crippen molar-refractivity contribution in [1.82, 2.24) is 0 Å². The minimum absolute atomic E-state index is 0.0847. The van der Waals surface area contributed by atoms with Crippen LogP contribution in [0.4, 0.5) is 5.69 Å². The second-order valence-corrected chi connectivity index (χ2v) is 7.39. The number of nitrogens with one attached hydrogen (secondary N) is 1. The minimum atomic E-state index is -0.550. The molecule has 4 nitrogen and oxygen atoms in total. The van der Waals surface area contributed by atoms with E-state index in [0.717, 1.165) is 11.1 Å². The quantitative estimate of drug-likeness (QED) is 0.357. The summed E-state index contributed by atoms with van der Waals surface area (Å²) in [7, 11) is 0. The number of carbonyl (C=O) groups excluding carboxylic acids is 1. The molecule has 0 atom stereocenters. The summed E-state index contributed by atoms with van der Waals surface area (Å²) in [6.45, 7) is 2.21. The van der Waals surface area contributed by atoms with Gasteiger partial charge in [-0.1, -0.05) is 59.6 Å². The van der Waals surface area contributed by atoms with E-state index in [-0.39, 0.29) is 5.57 Å². The molecule has 0 spiro atoms. The lowest BCUT2D eigenvalue weighted by molar-refractivity contribution is -0.112. The molecule has 0 saturated carbocycles. The molecule has 3 aromatic rings. The zero-order chi connectivity index (χ0) is 21.5. The molecule has 0 aromatic heterocycles. The fourth-order valence-corrected chi connectivity index (χ4v) is 3.03. The van der Waals surface area contributed by atoms with Crippen molar-refractivity contribution in [2.45, 2.75) is 13.5 Å². The Hall–Kier alpha value is -3.26. The molecule has 0 heterocycles. The summed E-state index contributed by atoms with van der Waals surface area (Å²) < 4.78 is 5.89. The topological polar surface area (TPSA) is 62.1 Å². The van der Waals surface area contributed by atoms with Crippen LogP contribution in [0.25, 0.3) is 6.08 Å². The molecule has 0 unspecified atom stereocenters. The second-order valence-electron chi connectivity index (χ2n) is 6.54. The Balaban J connectivity index is 1.83. The number of amides is 1. The van der Waals surface area contributed by atoms with E-state index in [0.29, 0.717) is 33.7 Å². The number of ether oxygens (including phenoxy) is 1. The number of hydrogen-bond donors (Lipinski definition) is 1. The van der Waals surface area contributed by atoms with E-state index in [4.69, 9.17) is 27.9 Å². The lowest BCUT2D eigenvalue weighted by Crippen LogP contribution is -2.13. The average molecular weight is 437 g/mol. The highest BCUT2D eigenvalue weighted by molar-refractivity contribution is 6.31. The van der Waals surface area contributed by atoms with Crippen molar-refractivity contribution in [1.29, 1.82) is 5.26 Å². The number of rotatable bonds is 6. The van der Waals surface area contributed by atoms with Crippen LogP contribution in [0.2, 0.25) is 10.0 Å². The van der Waals surface area contributed by atoms with Gasteiger partial charge in [0.1, 0.15) is 24.0 Å². The summed E-state index contributed by atoms with van der Waals surface area (Å²) >= 11 is 12.2. The first-order chi connectivity index (χ1) is 14.5. The van der Waals surface area contributed by atoms with Gasteiger partial charge < -0.3 is 10.1 Å². The lowest BCUT2D eigenvalue weighted by atomic mass is 10.1. The Labute approximate surface area is 185 Å². The molecule has 6 heteroatoms. The van der Waals surface area contributed by atoms with Crippen molar-refractivity contribution in [3.05, 3.63) is 99.0 Å². The van der Waals surface area contributed by atoms with Gasteiger partial charge in [-0.3, -0.25) is 4.79 Å². The van der Waals surface area contributed by atoms with E-state index in [9.17, 15) is 10.1 Å². The van der Waals surface area contributed by atoms with Crippen molar-refractivity contribution in [2.24, 2.45) is 0 Å².